The highest BCUT2D eigenvalue weighted by atomic mass is 19.2. The number of hydrogen-bond acceptors (Lipinski definition) is 1. The molecule has 92 valence electrons. The summed E-state index contributed by atoms with van der Waals surface area (Å²) in [6, 6.07) is 12.1. The average Bonchev–Trinajstić information content (AvgIpc) is 2.41. The van der Waals surface area contributed by atoms with Crippen molar-refractivity contribution < 1.29 is 8.78 Å². The van der Waals surface area contributed by atoms with Crippen molar-refractivity contribution in [2.45, 2.75) is 18.9 Å². The zero-order chi connectivity index (χ0) is 12.5. The molecule has 3 heteroatoms. The molecule has 0 aliphatic carbocycles. The van der Waals surface area contributed by atoms with Crippen molar-refractivity contribution in [1.29, 1.82) is 0 Å². The third-order valence-corrected chi connectivity index (χ3v) is 3.41. The molecule has 18 heavy (non-hydrogen) atoms. The zero-order valence-corrected chi connectivity index (χ0v) is 9.79. The van der Waals surface area contributed by atoms with Crippen LogP contribution in [0.25, 0.3) is 0 Å². The van der Waals surface area contributed by atoms with Crippen LogP contribution >= 0.6 is 0 Å². The van der Waals surface area contributed by atoms with E-state index in [1.54, 1.807) is 12.1 Å². The first-order valence-corrected chi connectivity index (χ1v) is 6.04. The fraction of sp³-hybridized carbons (Fsp3) is 0.200. The molecule has 0 radical (unpaired) electrons. The molecule has 1 atom stereocenters. The van der Waals surface area contributed by atoms with Crippen molar-refractivity contribution >= 4 is 5.69 Å². The Bertz CT molecular complexity index is 580. The van der Waals surface area contributed by atoms with E-state index in [0.717, 1.165) is 24.6 Å². The van der Waals surface area contributed by atoms with Crippen molar-refractivity contribution in [3.05, 3.63) is 65.2 Å². The lowest BCUT2D eigenvalue weighted by atomic mass is 9.93. The Labute approximate surface area is 104 Å². The van der Waals surface area contributed by atoms with Crippen molar-refractivity contribution in [3.63, 3.8) is 0 Å². The Morgan fingerprint density at radius 3 is 2.72 bits per heavy atom. The van der Waals surface area contributed by atoms with Crippen LogP contribution < -0.4 is 5.32 Å². The maximum Gasteiger partial charge on any atom is 0.164 e. The molecular weight excluding hydrogens is 232 g/mol. The van der Waals surface area contributed by atoms with Gasteiger partial charge in [0.1, 0.15) is 0 Å². The topological polar surface area (TPSA) is 12.0 Å². The molecular formula is C15H13F2N. The third kappa shape index (κ3) is 1.86. The average molecular weight is 245 g/mol. The molecule has 0 amide bonds. The van der Waals surface area contributed by atoms with Gasteiger partial charge in [-0.1, -0.05) is 30.3 Å². The molecule has 3 rings (SSSR count). The molecule has 2 aromatic carbocycles. The van der Waals surface area contributed by atoms with E-state index in [2.05, 4.69) is 11.4 Å². The largest absolute Gasteiger partial charge is 0.378 e. The number of benzene rings is 2. The maximum atomic E-state index is 13.7. The highest BCUT2D eigenvalue weighted by Crippen LogP contribution is 2.33. The van der Waals surface area contributed by atoms with Gasteiger partial charge in [0.25, 0.3) is 0 Å². The van der Waals surface area contributed by atoms with Crippen molar-refractivity contribution in [2.24, 2.45) is 0 Å². The van der Waals surface area contributed by atoms with Gasteiger partial charge < -0.3 is 5.32 Å². The number of rotatable bonds is 1. The monoisotopic (exact) mass is 245 g/mol. The van der Waals surface area contributed by atoms with Crippen molar-refractivity contribution in [2.75, 3.05) is 5.32 Å². The van der Waals surface area contributed by atoms with Crippen molar-refractivity contribution in [1.82, 2.24) is 0 Å². The van der Waals surface area contributed by atoms with E-state index in [4.69, 9.17) is 0 Å². The molecule has 0 saturated heterocycles. The first-order chi connectivity index (χ1) is 8.75. The van der Waals surface area contributed by atoms with Crippen LogP contribution in [0.15, 0.2) is 42.5 Å². The van der Waals surface area contributed by atoms with Gasteiger partial charge in [0.05, 0.1) is 6.04 Å². The molecule has 1 aliphatic rings. The van der Waals surface area contributed by atoms with Crippen LogP contribution in [0.1, 0.15) is 23.6 Å². The minimum atomic E-state index is -0.784. The molecule has 0 bridgehead atoms. The van der Waals surface area contributed by atoms with E-state index < -0.39 is 11.6 Å². The number of fused-ring (bicyclic) bond motifs is 1. The van der Waals surface area contributed by atoms with Gasteiger partial charge in [-0.25, -0.2) is 8.78 Å². The van der Waals surface area contributed by atoms with Gasteiger partial charge in [0, 0.05) is 11.3 Å². The number of nitrogens with one attached hydrogen (secondary N) is 1. The van der Waals surface area contributed by atoms with Crippen LogP contribution in [0, 0.1) is 11.6 Å². The third-order valence-electron chi connectivity index (χ3n) is 3.41. The molecule has 1 heterocycles. The lowest BCUT2D eigenvalue weighted by Gasteiger charge is -2.27. The molecule has 2 aromatic rings. The summed E-state index contributed by atoms with van der Waals surface area (Å²) in [6.07, 6.45) is 1.65. The van der Waals surface area contributed by atoms with Crippen LogP contribution in [0.2, 0.25) is 0 Å². The number of hydrogen-bond donors (Lipinski definition) is 1. The standard InChI is InChI=1S/C15H13F2N/c16-12-6-3-5-11(15(12)17)14-9-8-10-4-1-2-7-13(10)18-14/h1-7,14,18H,8-9H2. The SMILES string of the molecule is Fc1cccc(C2CCc3ccccc3N2)c1F. The normalized spacial score (nSPS) is 18.0. The highest BCUT2D eigenvalue weighted by molar-refractivity contribution is 5.55. The van der Waals surface area contributed by atoms with Crippen molar-refractivity contribution in [3.8, 4) is 0 Å². The number of aryl methyl sites for hydroxylation is 1. The van der Waals surface area contributed by atoms with E-state index >= 15 is 0 Å². The first-order valence-electron chi connectivity index (χ1n) is 6.04. The summed E-state index contributed by atoms with van der Waals surface area (Å²) >= 11 is 0. The van der Waals surface area contributed by atoms with E-state index in [1.807, 2.05) is 18.2 Å². The quantitative estimate of drug-likeness (QED) is 0.798. The summed E-state index contributed by atoms with van der Waals surface area (Å²) in [5, 5.41) is 3.27. The fourth-order valence-electron chi connectivity index (χ4n) is 2.46. The van der Waals surface area contributed by atoms with Gasteiger partial charge in [-0.15, -0.1) is 0 Å². The van der Waals surface area contributed by atoms with Gasteiger partial charge in [0.2, 0.25) is 0 Å². The first kappa shape index (κ1) is 11.2. The number of anilines is 1. The predicted molar refractivity (Wildman–Crippen MR) is 67.5 cm³/mol. The van der Waals surface area contributed by atoms with Gasteiger partial charge in [-0.2, -0.15) is 0 Å². The molecule has 1 nitrogen and oxygen atoms in total. The molecule has 0 aromatic heterocycles. The minimum Gasteiger partial charge on any atom is -0.378 e. The summed E-state index contributed by atoms with van der Waals surface area (Å²) in [6.45, 7) is 0. The van der Waals surface area contributed by atoms with Crippen LogP contribution in [0.5, 0.6) is 0 Å². The Balaban J connectivity index is 1.94. The fourth-order valence-corrected chi connectivity index (χ4v) is 2.46. The summed E-state index contributed by atoms with van der Waals surface area (Å²) in [5.41, 5.74) is 2.65. The second-order valence-electron chi connectivity index (χ2n) is 4.54. The molecule has 1 N–H and O–H groups in total. The van der Waals surface area contributed by atoms with E-state index in [-0.39, 0.29) is 6.04 Å². The lowest BCUT2D eigenvalue weighted by molar-refractivity contribution is 0.486. The number of halogens is 2. The summed E-state index contributed by atoms with van der Waals surface area (Å²) in [7, 11) is 0. The Kier molecular flexibility index (Phi) is 2.74. The summed E-state index contributed by atoms with van der Waals surface area (Å²) in [5.74, 6) is -1.53. The smallest absolute Gasteiger partial charge is 0.164 e. The van der Waals surface area contributed by atoms with Crippen LogP contribution in [-0.4, -0.2) is 0 Å². The molecule has 0 fully saturated rings. The van der Waals surface area contributed by atoms with Crippen LogP contribution in [0.4, 0.5) is 14.5 Å². The summed E-state index contributed by atoms with van der Waals surface area (Å²) in [4.78, 5) is 0. The van der Waals surface area contributed by atoms with Gasteiger partial charge in [-0.05, 0) is 30.5 Å². The summed E-state index contributed by atoms with van der Waals surface area (Å²) < 4.78 is 27.0. The van der Waals surface area contributed by atoms with Gasteiger partial charge in [0.15, 0.2) is 11.6 Å². The minimum absolute atomic E-state index is 0.157. The molecule has 0 saturated carbocycles. The van der Waals surface area contributed by atoms with Gasteiger partial charge in [-0.3, -0.25) is 0 Å². The highest BCUT2D eigenvalue weighted by Gasteiger charge is 2.22. The van der Waals surface area contributed by atoms with Gasteiger partial charge >= 0.3 is 0 Å². The Morgan fingerprint density at radius 2 is 1.83 bits per heavy atom. The Morgan fingerprint density at radius 1 is 1.00 bits per heavy atom. The van der Waals surface area contributed by atoms with E-state index in [9.17, 15) is 8.78 Å². The maximum absolute atomic E-state index is 13.7. The van der Waals surface area contributed by atoms with Crippen LogP contribution in [-0.2, 0) is 6.42 Å². The molecule has 1 unspecified atom stereocenters. The van der Waals surface area contributed by atoms with Crippen LogP contribution in [0.3, 0.4) is 0 Å². The van der Waals surface area contributed by atoms with E-state index in [1.165, 1.54) is 5.56 Å². The number of para-hydroxylation sites is 1. The second-order valence-corrected chi connectivity index (χ2v) is 4.54. The lowest BCUT2D eigenvalue weighted by Crippen LogP contribution is -2.19. The van der Waals surface area contributed by atoms with E-state index in [0.29, 0.717) is 5.56 Å². The molecule has 0 spiro atoms. The predicted octanol–water partition coefficient (Wildman–Crippen LogP) is 4.06. The second kappa shape index (κ2) is 4.41. The molecule has 1 aliphatic heterocycles. The Hall–Kier alpha value is -1.90. The zero-order valence-electron chi connectivity index (χ0n) is 9.79.